The van der Waals surface area contributed by atoms with Crippen molar-refractivity contribution < 1.29 is 4.74 Å². The first-order valence-corrected chi connectivity index (χ1v) is 6.77. The molecule has 3 atom stereocenters. The Balaban J connectivity index is 2.02. The van der Waals surface area contributed by atoms with Gasteiger partial charge >= 0.3 is 0 Å². The number of ether oxygens (including phenoxy) is 1. The van der Waals surface area contributed by atoms with E-state index < -0.39 is 0 Å². The van der Waals surface area contributed by atoms with Crippen LogP contribution in [0.3, 0.4) is 0 Å². The van der Waals surface area contributed by atoms with E-state index in [9.17, 15) is 0 Å². The molecule has 0 aromatic heterocycles. The molecule has 2 heteroatoms. The lowest BCUT2D eigenvalue weighted by molar-refractivity contribution is 0.101. The minimum Gasteiger partial charge on any atom is -0.490 e. The molecule has 1 saturated carbocycles. The summed E-state index contributed by atoms with van der Waals surface area (Å²) in [6.45, 7) is 6.59. The van der Waals surface area contributed by atoms with Crippen LogP contribution in [0.1, 0.15) is 44.2 Å². The predicted octanol–water partition coefficient (Wildman–Crippen LogP) is 4.07. The van der Waals surface area contributed by atoms with E-state index in [1.54, 1.807) is 0 Å². The van der Waals surface area contributed by atoms with Crippen LogP contribution in [0.2, 0.25) is 0 Å². The lowest BCUT2D eigenvalue weighted by Crippen LogP contribution is -2.28. The highest BCUT2D eigenvalue weighted by Crippen LogP contribution is 2.32. The lowest BCUT2D eigenvalue weighted by atomic mass is 9.80. The number of rotatable bonds is 2. The van der Waals surface area contributed by atoms with Gasteiger partial charge in [0.25, 0.3) is 0 Å². The van der Waals surface area contributed by atoms with Gasteiger partial charge in [-0.3, -0.25) is 0 Å². The quantitative estimate of drug-likeness (QED) is 0.784. The van der Waals surface area contributed by atoms with Gasteiger partial charge in [0.15, 0.2) is 0 Å². The van der Waals surface area contributed by atoms with Crippen LogP contribution in [-0.4, -0.2) is 6.10 Å². The van der Waals surface area contributed by atoms with Crippen molar-refractivity contribution >= 4 is 0 Å². The second-order valence-electron chi connectivity index (χ2n) is 5.60. The van der Waals surface area contributed by atoms with Crippen molar-refractivity contribution in [2.75, 3.05) is 0 Å². The summed E-state index contributed by atoms with van der Waals surface area (Å²) >= 11 is 0. The maximum atomic E-state index is 8.90. The molecule has 18 heavy (non-hydrogen) atoms. The van der Waals surface area contributed by atoms with E-state index in [-0.39, 0.29) is 0 Å². The largest absolute Gasteiger partial charge is 0.490 e. The number of aryl methyl sites for hydroxylation is 1. The highest BCUT2D eigenvalue weighted by Gasteiger charge is 2.25. The second kappa shape index (κ2) is 5.44. The van der Waals surface area contributed by atoms with Gasteiger partial charge in [0.05, 0.1) is 17.7 Å². The molecule has 0 radical (unpaired) electrons. The van der Waals surface area contributed by atoms with Crippen LogP contribution in [0.15, 0.2) is 18.2 Å². The van der Waals surface area contributed by atoms with E-state index in [0.29, 0.717) is 6.10 Å². The maximum Gasteiger partial charge on any atom is 0.120 e. The van der Waals surface area contributed by atoms with E-state index in [4.69, 9.17) is 10.00 Å². The smallest absolute Gasteiger partial charge is 0.120 e. The molecule has 1 aliphatic carbocycles. The number of hydrogen-bond donors (Lipinski definition) is 0. The van der Waals surface area contributed by atoms with Crippen LogP contribution in [0.4, 0.5) is 0 Å². The van der Waals surface area contributed by atoms with Crippen molar-refractivity contribution in [1.29, 1.82) is 5.26 Å². The van der Waals surface area contributed by atoms with Gasteiger partial charge in [-0.2, -0.15) is 5.26 Å². The summed E-state index contributed by atoms with van der Waals surface area (Å²) in [7, 11) is 0. The van der Waals surface area contributed by atoms with E-state index in [1.807, 2.05) is 25.1 Å². The average Bonchev–Trinajstić information content (AvgIpc) is 2.34. The molecule has 1 aromatic carbocycles. The molecule has 0 aliphatic heterocycles. The SMILES string of the molecule is Cc1cc(OC2CCC(C)C(C)C2)ccc1C#N. The molecule has 0 heterocycles. The van der Waals surface area contributed by atoms with Gasteiger partial charge in [-0.15, -0.1) is 0 Å². The van der Waals surface area contributed by atoms with Crippen LogP contribution < -0.4 is 4.74 Å². The maximum absolute atomic E-state index is 8.90. The average molecular weight is 243 g/mol. The number of hydrogen-bond acceptors (Lipinski definition) is 2. The second-order valence-corrected chi connectivity index (χ2v) is 5.60. The van der Waals surface area contributed by atoms with Crippen LogP contribution in [0.5, 0.6) is 5.75 Å². The Kier molecular flexibility index (Phi) is 3.91. The predicted molar refractivity (Wildman–Crippen MR) is 72.5 cm³/mol. The number of nitrogens with zero attached hydrogens (tertiary/aromatic N) is 1. The van der Waals surface area contributed by atoms with Crippen LogP contribution >= 0.6 is 0 Å². The summed E-state index contributed by atoms with van der Waals surface area (Å²) in [5.74, 6) is 2.45. The minimum absolute atomic E-state index is 0.337. The molecule has 0 spiro atoms. The summed E-state index contributed by atoms with van der Waals surface area (Å²) in [4.78, 5) is 0. The highest BCUT2D eigenvalue weighted by molar-refractivity contribution is 5.41. The van der Waals surface area contributed by atoms with Gasteiger partial charge in [0, 0.05) is 0 Å². The monoisotopic (exact) mass is 243 g/mol. The Morgan fingerprint density at radius 2 is 2.00 bits per heavy atom. The summed E-state index contributed by atoms with van der Waals surface area (Å²) in [5, 5.41) is 8.90. The first-order valence-electron chi connectivity index (χ1n) is 6.77. The molecule has 2 nitrogen and oxygen atoms in total. The molecule has 3 unspecified atom stereocenters. The van der Waals surface area contributed by atoms with Crippen molar-refractivity contribution in [3.63, 3.8) is 0 Å². The van der Waals surface area contributed by atoms with Gasteiger partial charge in [0.2, 0.25) is 0 Å². The third kappa shape index (κ3) is 2.85. The Labute approximate surface area is 110 Å². The standard InChI is InChI=1S/C16H21NO/c1-11-4-6-15(8-12(11)2)18-16-7-5-14(10-17)13(3)9-16/h5,7,9,11-12,15H,4,6,8H2,1-3H3. The fraction of sp³-hybridized carbons (Fsp3) is 0.562. The van der Waals surface area contributed by atoms with Crippen molar-refractivity contribution in [2.24, 2.45) is 11.8 Å². The van der Waals surface area contributed by atoms with Crippen molar-refractivity contribution in [3.8, 4) is 11.8 Å². The molecule has 1 aliphatic rings. The molecule has 1 aromatic rings. The van der Waals surface area contributed by atoms with Crippen LogP contribution in [-0.2, 0) is 0 Å². The molecule has 2 rings (SSSR count). The molecule has 0 saturated heterocycles. The molecular formula is C16H21NO. The molecular weight excluding hydrogens is 222 g/mol. The topological polar surface area (TPSA) is 33.0 Å². The number of nitriles is 1. The molecule has 1 fully saturated rings. The van der Waals surface area contributed by atoms with Crippen molar-refractivity contribution in [1.82, 2.24) is 0 Å². The van der Waals surface area contributed by atoms with Crippen LogP contribution in [0, 0.1) is 30.1 Å². The molecule has 0 amide bonds. The highest BCUT2D eigenvalue weighted by atomic mass is 16.5. The van der Waals surface area contributed by atoms with Crippen LogP contribution in [0.25, 0.3) is 0 Å². The fourth-order valence-corrected chi connectivity index (χ4v) is 2.63. The van der Waals surface area contributed by atoms with Crippen molar-refractivity contribution in [3.05, 3.63) is 29.3 Å². The lowest BCUT2D eigenvalue weighted by Gasteiger charge is -2.32. The first kappa shape index (κ1) is 13.0. The summed E-state index contributed by atoms with van der Waals surface area (Å²) in [6.07, 6.45) is 3.87. The van der Waals surface area contributed by atoms with Gasteiger partial charge in [-0.1, -0.05) is 13.8 Å². The minimum atomic E-state index is 0.337. The zero-order chi connectivity index (χ0) is 13.1. The molecule has 96 valence electrons. The zero-order valence-electron chi connectivity index (χ0n) is 11.4. The van der Waals surface area contributed by atoms with Gasteiger partial charge < -0.3 is 4.74 Å². The Morgan fingerprint density at radius 1 is 1.22 bits per heavy atom. The van der Waals surface area contributed by atoms with E-state index in [0.717, 1.165) is 41.6 Å². The summed E-state index contributed by atoms with van der Waals surface area (Å²) in [5.41, 5.74) is 1.72. The Morgan fingerprint density at radius 3 is 2.61 bits per heavy atom. The van der Waals surface area contributed by atoms with E-state index >= 15 is 0 Å². The number of benzene rings is 1. The van der Waals surface area contributed by atoms with E-state index in [1.165, 1.54) is 6.42 Å². The van der Waals surface area contributed by atoms with Gasteiger partial charge in [0.1, 0.15) is 5.75 Å². The third-order valence-electron chi connectivity index (χ3n) is 4.17. The molecule has 0 bridgehead atoms. The summed E-state index contributed by atoms with van der Waals surface area (Å²) < 4.78 is 6.04. The molecule has 0 N–H and O–H groups in total. The van der Waals surface area contributed by atoms with E-state index in [2.05, 4.69) is 19.9 Å². The fourth-order valence-electron chi connectivity index (χ4n) is 2.63. The first-order chi connectivity index (χ1) is 8.60. The normalized spacial score (nSPS) is 27.6. The Bertz CT molecular complexity index is 461. The Hall–Kier alpha value is -1.49. The summed E-state index contributed by atoms with van der Waals surface area (Å²) in [6, 6.07) is 7.91. The third-order valence-corrected chi connectivity index (χ3v) is 4.17. The zero-order valence-corrected chi connectivity index (χ0v) is 11.4. The van der Waals surface area contributed by atoms with Gasteiger partial charge in [-0.25, -0.2) is 0 Å². The van der Waals surface area contributed by atoms with Gasteiger partial charge in [-0.05, 0) is 61.8 Å². The van der Waals surface area contributed by atoms with Crippen molar-refractivity contribution in [2.45, 2.75) is 46.1 Å².